The quantitative estimate of drug-likeness (QED) is 0.225. The molecule has 0 amide bonds. The molecule has 0 aliphatic carbocycles. The zero-order chi connectivity index (χ0) is 24.4. The summed E-state index contributed by atoms with van der Waals surface area (Å²) in [5.41, 5.74) is 1.08. The van der Waals surface area contributed by atoms with Gasteiger partial charge in [0.15, 0.2) is 0 Å². The number of nitrogens with one attached hydrogen (secondary N) is 1. The molecule has 3 aromatic rings. The number of anilines is 1. The van der Waals surface area contributed by atoms with E-state index in [2.05, 4.69) is 22.0 Å². The number of carbonyl (C=O) groups excluding carboxylic acids is 1. The number of esters is 1. The highest BCUT2D eigenvalue weighted by Gasteiger charge is 2.41. The van der Waals surface area contributed by atoms with Gasteiger partial charge < -0.3 is 10.1 Å². The standard InChI is InChI=1S/C22H19F2N5O4S/c1-3-33-20(30)18-12(2)25-21-26-22(34-11-13-5-4-6-17(7-13)29(31)32)27-28(21)19(18)14-8-15(23)10-16(24)9-14/h4-10,18-19H,2-3,11H2,1H3,(H,25,26,27)/t18-,19+/m1/s1. The summed E-state index contributed by atoms with van der Waals surface area (Å²) in [6.45, 7) is 5.66. The number of thioether (sulfide) groups is 1. The Kier molecular flexibility index (Phi) is 6.59. The minimum absolute atomic E-state index is 0.0290. The Balaban J connectivity index is 1.69. The van der Waals surface area contributed by atoms with E-state index in [9.17, 15) is 23.7 Å². The van der Waals surface area contributed by atoms with Crippen LogP contribution in [0, 0.1) is 27.7 Å². The van der Waals surface area contributed by atoms with Crippen molar-refractivity contribution in [3.8, 4) is 0 Å². The summed E-state index contributed by atoms with van der Waals surface area (Å²) < 4.78 is 34.6. The summed E-state index contributed by atoms with van der Waals surface area (Å²) in [4.78, 5) is 27.7. The normalized spacial score (nSPS) is 17.1. The molecule has 0 saturated heterocycles. The first-order valence-electron chi connectivity index (χ1n) is 10.2. The maximum atomic E-state index is 14.0. The Bertz CT molecular complexity index is 1260. The van der Waals surface area contributed by atoms with E-state index in [0.29, 0.717) is 16.5 Å². The molecule has 34 heavy (non-hydrogen) atoms. The van der Waals surface area contributed by atoms with Crippen molar-refractivity contribution in [2.75, 3.05) is 11.9 Å². The van der Waals surface area contributed by atoms with E-state index in [0.717, 1.165) is 18.2 Å². The monoisotopic (exact) mass is 487 g/mol. The van der Waals surface area contributed by atoms with Gasteiger partial charge in [-0.2, -0.15) is 4.98 Å². The van der Waals surface area contributed by atoms with Gasteiger partial charge in [0.25, 0.3) is 5.69 Å². The maximum absolute atomic E-state index is 14.0. The second-order valence-electron chi connectivity index (χ2n) is 7.41. The van der Waals surface area contributed by atoms with E-state index in [-0.39, 0.29) is 29.5 Å². The van der Waals surface area contributed by atoms with Gasteiger partial charge in [-0.25, -0.2) is 13.5 Å². The van der Waals surface area contributed by atoms with Crippen LogP contribution in [0.2, 0.25) is 0 Å². The second-order valence-corrected chi connectivity index (χ2v) is 8.35. The van der Waals surface area contributed by atoms with E-state index >= 15 is 0 Å². The third-order valence-electron chi connectivity index (χ3n) is 5.10. The molecule has 0 radical (unpaired) electrons. The number of hydrogen-bond donors (Lipinski definition) is 1. The summed E-state index contributed by atoms with van der Waals surface area (Å²) >= 11 is 1.21. The highest BCUT2D eigenvalue weighted by molar-refractivity contribution is 7.98. The van der Waals surface area contributed by atoms with Crippen molar-refractivity contribution in [3.05, 3.63) is 87.6 Å². The van der Waals surface area contributed by atoms with Gasteiger partial charge >= 0.3 is 5.97 Å². The Morgan fingerprint density at radius 2 is 2.03 bits per heavy atom. The minimum Gasteiger partial charge on any atom is -0.465 e. The lowest BCUT2D eigenvalue weighted by molar-refractivity contribution is -0.384. The van der Waals surface area contributed by atoms with Gasteiger partial charge in [-0.1, -0.05) is 30.5 Å². The van der Waals surface area contributed by atoms with E-state index < -0.39 is 34.5 Å². The summed E-state index contributed by atoms with van der Waals surface area (Å²) in [6.07, 6.45) is 0. The highest BCUT2D eigenvalue weighted by atomic mass is 32.2. The first-order valence-corrected chi connectivity index (χ1v) is 11.2. The third-order valence-corrected chi connectivity index (χ3v) is 6.00. The summed E-state index contributed by atoms with van der Waals surface area (Å²) in [5, 5.41) is 18.7. The number of nitrogens with zero attached hydrogens (tertiary/aromatic N) is 4. The van der Waals surface area contributed by atoms with E-state index in [1.165, 1.54) is 28.6 Å². The predicted molar refractivity (Wildman–Crippen MR) is 120 cm³/mol. The zero-order valence-corrected chi connectivity index (χ0v) is 18.7. The number of halogens is 2. The Hall–Kier alpha value is -3.80. The average molecular weight is 487 g/mol. The molecule has 0 fully saturated rings. The Morgan fingerprint density at radius 1 is 1.29 bits per heavy atom. The minimum atomic E-state index is -1.01. The number of ether oxygens (including phenoxy) is 1. The van der Waals surface area contributed by atoms with Gasteiger partial charge in [-0.05, 0) is 30.2 Å². The van der Waals surface area contributed by atoms with Gasteiger partial charge in [0, 0.05) is 29.6 Å². The molecule has 1 aliphatic heterocycles. The lowest BCUT2D eigenvalue weighted by Gasteiger charge is -2.33. The van der Waals surface area contributed by atoms with E-state index in [1.807, 2.05) is 0 Å². The summed E-state index contributed by atoms with van der Waals surface area (Å²) in [7, 11) is 0. The molecule has 0 spiro atoms. The van der Waals surface area contributed by atoms with Crippen molar-refractivity contribution in [2.24, 2.45) is 5.92 Å². The van der Waals surface area contributed by atoms with Crippen LogP contribution in [0.25, 0.3) is 0 Å². The largest absolute Gasteiger partial charge is 0.465 e. The fourth-order valence-electron chi connectivity index (χ4n) is 3.69. The molecule has 0 bridgehead atoms. The number of hydrogen-bond acceptors (Lipinski definition) is 8. The average Bonchev–Trinajstić information content (AvgIpc) is 3.18. The van der Waals surface area contributed by atoms with Gasteiger partial charge in [0.05, 0.1) is 17.6 Å². The Morgan fingerprint density at radius 3 is 2.71 bits per heavy atom. The number of nitro benzene ring substituents is 1. The number of benzene rings is 2. The third kappa shape index (κ3) is 4.76. The predicted octanol–water partition coefficient (Wildman–Crippen LogP) is 4.46. The topological polar surface area (TPSA) is 112 Å². The van der Waals surface area contributed by atoms with Crippen LogP contribution >= 0.6 is 11.8 Å². The van der Waals surface area contributed by atoms with Crippen LogP contribution in [0.1, 0.15) is 24.1 Å². The van der Waals surface area contributed by atoms with Gasteiger partial charge in [0.1, 0.15) is 17.6 Å². The van der Waals surface area contributed by atoms with E-state index in [4.69, 9.17) is 4.74 Å². The molecular formula is C22H19F2N5O4S. The first kappa shape index (κ1) is 23.4. The zero-order valence-electron chi connectivity index (χ0n) is 17.9. The first-order chi connectivity index (χ1) is 16.3. The van der Waals surface area contributed by atoms with Crippen LogP contribution in [0.5, 0.6) is 0 Å². The molecule has 1 aromatic heterocycles. The van der Waals surface area contributed by atoms with Crippen molar-refractivity contribution in [1.29, 1.82) is 0 Å². The fourth-order valence-corrected chi connectivity index (χ4v) is 4.46. The number of nitro groups is 1. The molecule has 1 N–H and O–H groups in total. The fraction of sp³-hybridized carbons (Fsp3) is 0.227. The van der Waals surface area contributed by atoms with Crippen LogP contribution in [0.3, 0.4) is 0 Å². The Labute approximate surface area is 197 Å². The molecule has 12 heteroatoms. The van der Waals surface area contributed by atoms with Gasteiger partial charge in [-0.3, -0.25) is 14.9 Å². The SMILES string of the molecule is C=C1Nc2nc(SCc3cccc([N+](=O)[O-])c3)nn2[C@@H](c2cc(F)cc(F)c2)[C@@H]1C(=O)OCC. The lowest BCUT2D eigenvalue weighted by Crippen LogP contribution is -2.38. The molecule has 9 nitrogen and oxygen atoms in total. The highest BCUT2D eigenvalue weighted by Crippen LogP contribution is 2.39. The number of fused-ring (bicyclic) bond motifs is 1. The molecule has 176 valence electrons. The van der Waals surface area contributed by atoms with Crippen molar-refractivity contribution < 1.29 is 23.2 Å². The van der Waals surface area contributed by atoms with Crippen molar-refractivity contribution >= 4 is 29.4 Å². The molecule has 4 rings (SSSR count). The second kappa shape index (κ2) is 9.59. The van der Waals surface area contributed by atoms with Gasteiger partial charge in [0.2, 0.25) is 11.1 Å². The van der Waals surface area contributed by atoms with Crippen LogP contribution in [-0.4, -0.2) is 32.3 Å². The molecule has 2 atom stereocenters. The molecular weight excluding hydrogens is 468 g/mol. The van der Waals surface area contributed by atoms with Crippen molar-refractivity contribution in [2.45, 2.75) is 23.9 Å². The van der Waals surface area contributed by atoms with E-state index in [1.54, 1.807) is 19.1 Å². The summed E-state index contributed by atoms with van der Waals surface area (Å²) in [6, 6.07) is 8.22. The van der Waals surface area contributed by atoms with Crippen LogP contribution in [0.4, 0.5) is 20.4 Å². The number of non-ortho nitro benzene ring substituents is 1. The smallest absolute Gasteiger partial charge is 0.317 e. The molecule has 1 aliphatic rings. The van der Waals surface area contributed by atoms with Crippen LogP contribution in [-0.2, 0) is 15.3 Å². The molecule has 2 heterocycles. The number of carbonyl (C=O) groups is 1. The molecule has 0 saturated carbocycles. The number of aromatic nitrogens is 3. The summed E-state index contributed by atoms with van der Waals surface area (Å²) in [5.74, 6) is -2.66. The molecule has 0 unspecified atom stereocenters. The molecule has 2 aromatic carbocycles. The number of rotatable bonds is 7. The lowest BCUT2D eigenvalue weighted by atomic mass is 9.89. The van der Waals surface area contributed by atoms with Crippen LogP contribution in [0.15, 0.2) is 59.9 Å². The van der Waals surface area contributed by atoms with Crippen molar-refractivity contribution in [3.63, 3.8) is 0 Å². The van der Waals surface area contributed by atoms with Crippen molar-refractivity contribution in [1.82, 2.24) is 14.8 Å². The maximum Gasteiger partial charge on any atom is 0.317 e. The van der Waals surface area contributed by atoms with Crippen LogP contribution < -0.4 is 5.32 Å². The van der Waals surface area contributed by atoms with Gasteiger partial charge in [-0.15, -0.1) is 5.10 Å².